The van der Waals surface area contributed by atoms with Gasteiger partial charge in [-0.2, -0.15) is 5.10 Å². The van der Waals surface area contributed by atoms with E-state index in [4.69, 9.17) is 0 Å². The van der Waals surface area contributed by atoms with Gasteiger partial charge in [-0.1, -0.05) is 13.3 Å². The number of halogens is 1. The smallest absolute Gasteiger partial charge is 0.268 e. The summed E-state index contributed by atoms with van der Waals surface area (Å²) in [6.07, 6.45) is 3.51. The fraction of sp³-hybridized carbons (Fsp3) is 0.545. The molecule has 1 amide bonds. The molecule has 1 N–H and O–H groups in total. The minimum Gasteiger partial charge on any atom is -0.352 e. The van der Waals surface area contributed by atoms with E-state index in [-0.39, 0.29) is 24.1 Å². The molecule has 1 atom stereocenters. The quantitative estimate of drug-likeness (QED) is 0.812. The van der Waals surface area contributed by atoms with Crippen molar-refractivity contribution in [2.45, 2.75) is 39.3 Å². The molecule has 1 heterocycles. The normalized spacial score (nSPS) is 12.2. The van der Waals surface area contributed by atoms with E-state index in [1.54, 1.807) is 6.20 Å². The Bertz CT molecular complexity index is 445. The first kappa shape index (κ1) is 14.1. The maximum Gasteiger partial charge on any atom is 0.268 e. The molecule has 17 heavy (non-hydrogen) atoms. The van der Waals surface area contributed by atoms with Crippen LogP contribution in [0.4, 0.5) is 0 Å². The number of nitrogens with one attached hydrogen (secondary N) is 1. The van der Waals surface area contributed by atoms with Crippen LogP contribution in [0.1, 0.15) is 26.7 Å². The van der Waals surface area contributed by atoms with Crippen LogP contribution in [0.3, 0.4) is 0 Å². The molecule has 0 aromatic carbocycles. The van der Waals surface area contributed by atoms with E-state index in [2.05, 4.69) is 17.3 Å². The van der Waals surface area contributed by atoms with Crippen molar-refractivity contribution < 1.29 is 4.79 Å². The van der Waals surface area contributed by atoms with E-state index >= 15 is 0 Å². The molecular formula is C11H16IN3O2. The van der Waals surface area contributed by atoms with Crippen molar-refractivity contribution in [2.24, 2.45) is 0 Å². The van der Waals surface area contributed by atoms with Gasteiger partial charge in [-0.15, -0.1) is 0 Å². The summed E-state index contributed by atoms with van der Waals surface area (Å²) in [4.78, 5) is 23.1. The highest BCUT2D eigenvalue weighted by Gasteiger charge is 2.08. The summed E-state index contributed by atoms with van der Waals surface area (Å²) >= 11 is 2.01. The highest BCUT2D eigenvalue weighted by Crippen LogP contribution is 1.97. The van der Waals surface area contributed by atoms with Gasteiger partial charge in [0.2, 0.25) is 5.91 Å². The van der Waals surface area contributed by atoms with Crippen molar-refractivity contribution in [2.75, 3.05) is 0 Å². The maximum absolute atomic E-state index is 11.6. The third-order valence-electron chi connectivity index (χ3n) is 2.26. The van der Waals surface area contributed by atoms with Crippen LogP contribution in [0, 0.1) is 3.57 Å². The van der Waals surface area contributed by atoms with Gasteiger partial charge >= 0.3 is 0 Å². The van der Waals surface area contributed by atoms with Crippen LogP contribution in [0.15, 0.2) is 17.1 Å². The monoisotopic (exact) mass is 349 g/mol. The number of amides is 1. The predicted octanol–water partition coefficient (Wildman–Crippen LogP) is 1.15. The summed E-state index contributed by atoms with van der Waals surface area (Å²) in [7, 11) is 0. The molecule has 0 aliphatic rings. The van der Waals surface area contributed by atoms with Crippen molar-refractivity contribution in [3.63, 3.8) is 0 Å². The highest BCUT2D eigenvalue weighted by molar-refractivity contribution is 14.1. The molecule has 5 nitrogen and oxygen atoms in total. The Morgan fingerprint density at radius 3 is 2.94 bits per heavy atom. The van der Waals surface area contributed by atoms with Gasteiger partial charge in [-0.25, -0.2) is 4.68 Å². The zero-order chi connectivity index (χ0) is 12.8. The average Bonchev–Trinajstić information content (AvgIpc) is 2.22. The fourth-order valence-electron chi connectivity index (χ4n) is 1.49. The SMILES string of the molecule is CCCC(C)NC(=O)Cn1ncc(I)cc1=O. The summed E-state index contributed by atoms with van der Waals surface area (Å²) in [5.74, 6) is -0.179. The van der Waals surface area contributed by atoms with Crippen LogP contribution in [0.2, 0.25) is 0 Å². The van der Waals surface area contributed by atoms with E-state index < -0.39 is 0 Å². The van der Waals surface area contributed by atoms with E-state index in [9.17, 15) is 9.59 Å². The molecule has 1 aromatic heterocycles. The van der Waals surface area contributed by atoms with Crippen LogP contribution in [0.5, 0.6) is 0 Å². The lowest BCUT2D eigenvalue weighted by Gasteiger charge is -2.12. The molecule has 6 heteroatoms. The van der Waals surface area contributed by atoms with E-state index in [0.717, 1.165) is 21.1 Å². The number of nitrogens with zero attached hydrogens (tertiary/aromatic N) is 2. The Morgan fingerprint density at radius 2 is 2.35 bits per heavy atom. The Labute approximate surface area is 114 Å². The Morgan fingerprint density at radius 1 is 1.65 bits per heavy atom. The molecule has 0 bridgehead atoms. The van der Waals surface area contributed by atoms with Crippen LogP contribution in [0.25, 0.3) is 0 Å². The molecular weight excluding hydrogens is 333 g/mol. The van der Waals surface area contributed by atoms with Crippen LogP contribution in [-0.2, 0) is 11.3 Å². The molecule has 0 radical (unpaired) electrons. The Balaban J connectivity index is 2.59. The summed E-state index contributed by atoms with van der Waals surface area (Å²) in [6.45, 7) is 3.99. The largest absolute Gasteiger partial charge is 0.352 e. The average molecular weight is 349 g/mol. The van der Waals surface area contributed by atoms with Crippen molar-refractivity contribution in [3.8, 4) is 0 Å². The fourth-order valence-corrected chi connectivity index (χ4v) is 1.88. The molecule has 0 saturated heterocycles. The molecule has 0 saturated carbocycles. The van der Waals surface area contributed by atoms with E-state index in [1.807, 2.05) is 29.5 Å². The first-order valence-electron chi connectivity index (χ1n) is 5.55. The first-order valence-corrected chi connectivity index (χ1v) is 6.62. The second kappa shape index (κ2) is 6.73. The lowest BCUT2D eigenvalue weighted by atomic mass is 10.2. The van der Waals surface area contributed by atoms with Crippen molar-refractivity contribution in [3.05, 3.63) is 26.2 Å². The second-order valence-corrected chi connectivity index (χ2v) is 5.17. The second-order valence-electron chi connectivity index (χ2n) is 3.93. The van der Waals surface area contributed by atoms with Gasteiger partial charge in [-0.05, 0) is 35.9 Å². The lowest BCUT2D eigenvalue weighted by Crippen LogP contribution is -2.38. The molecule has 0 fully saturated rings. The van der Waals surface area contributed by atoms with Crippen molar-refractivity contribution in [1.82, 2.24) is 15.1 Å². The standard InChI is InChI=1S/C11H16IN3O2/c1-3-4-8(2)14-10(16)7-15-11(17)5-9(12)6-13-15/h5-6,8H,3-4,7H2,1-2H3,(H,14,16). The zero-order valence-corrected chi connectivity index (χ0v) is 12.1. The van der Waals surface area contributed by atoms with Crippen molar-refractivity contribution in [1.29, 1.82) is 0 Å². The molecule has 1 unspecified atom stereocenters. The van der Waals surface area contributed by atoms with Gasteiger partial charge < -0.3 is 5.32 Å². The minimum absolute atomic E-state index is 0.0240. The van der Waals surface area contributed by atoms with Gasteiger partial charge in [0.15, 0.2) is 0 Å². The summed E-state index contributed by atoms with van der Waals surface area (Å²) in [5, 5.41) is 6.74. The van der Waals surface area contributed by atoms with Crippen LogP contribution < -0.4 is 10.9 Å². The molecule has 1 rings (SSSR count). The molecule has 0 spiro atoms. The predicted molar refractivity (Wildman–Crippen MR) is 73.7 cm³/mol. The Hall–Kier alpha value is -0.920. The molecule has 0 aliphatic heterocycles. The van der Waals surface area contributed by atoms with Crippen LogP contribution >= 0.6 is 22.6 Å². The molecule has 1 aromatic rings. The van der Waals surface area contributed by atoms with Gasteiger partial charge in [0.25, 0.3) is 5.56 Å². The van der Waals surface area contributed by atoms with E-state index in [0.29, 0.717) is 0 Å². The topological polar surface area (TPSA) is 64.0 Å². The number of hydrogen-bond acceptors (Lipinski definition) is 3. The first-order chi connectivity index (χ1) is 8.02. The number of hydrogen-bond donors (Lipinski definition) is 1. The maximum atomic E-state index is 11.6. The van der Waals surface area contributed by atoms with Gasteiger partial charge in [0.05, 0.1) is 6.20 Å². The molecule has 94 valence electrons. The van der Waals surface area contributed by atoms with Crippen molar-refractivity contribution >= 4 is 28.5 Å². The van der Waals surface area contributed by atoms with Crippen LogP contribution in [-0.4, -0.2) is 21.7 Å². The lowest BCUT2D eigenvalue weighted by molar-refractivity contribution is -0.122. The highest BCUT2D eigenvalue weighted by atomic mass is 127. The minimum atomic E-state index is -0.254. The van der Waals surface area contributed by atoms with E-state index in [1.165, 1.54) is 6.07 Å². The number of aromatic nitrogens is 2. The Kier molecular flexibility index (Phi) is 5.60. The van der Waals surface area contributed by atoms with Gasteiger partial charge in [0, 0.05) is 15.7 Å². The third-order valence-corrected chi connectivity index (χ3v) is 2.85. The zero-order valence-electron chi connectivity index (χ0n) is 9.94. The summed E-state index contributed by atoms with van der Waals surface area (Å²) < 4.78 is 1.93. The summed E-state index contributed by atoms with van der Waals surface area (Å²) in [5.41, 5.74) is -0.254. The number of rotatable bonds is 5. The number of carbonyl (C=O) groups is 1. The number of carbonyl (C=O) groups excluding carboxylic acids is 1. The molecule has 0 aliphatic carbocycles. The van der Waals surface area contributed by atoms with Gasteiger partial charge in [-0.3, -0.25) is 9.59 Å². The summed E-state index contributed by atoms with van der Waals surface area (Å²) in [6, 6.07) is 1.59. The van der Waals surface area contributed by atoms with Gasteiger partial charge in [0.1, 0.15) is 6.54 Å². The third kappa shape index (κ3) is 4.84.